The fourth-order valence-electron chi connectivity index (χ4n) is 2.65. The van der Waals surface area contributed by atoms with Crippen LogP contribution in [0.5, 0.6) is 0 Å². The van der Waals surface area contributed by atoms with Crippen molar-refractivity contribution in [2.75, 3.05) is 12.4 Å². The van der Waals surface area contributed by atoms with E-state index in [9.17, 15) is 9.59 Å². The van der Waals surface area contributed by atoms with Crippen molar-refractivity contribution >= 4 is 17.7 Å². The predicted octanol–water partition coefficient (Wildman–Crippen LogP) is 4.58. The second-order valence-electron chi connectivity index (χ2n) is 7.64. The maximum atomic E-state index is 12.4. The van der Waals surface area contributed by atoms with E-state index in [0.29, 0.717) is 17.1 Å². The van der Waals surface area contributed by atoms with Crippen LogP contribution in [0.25, 0.3) is 22.4 Å². The maximum Gasteiger partial charge on any atom is 0.338 e. The van der Waals surface area contributed by atoms with Gasteiger partial charge in [-0.15, -0.1) is 0 Å². The molecule has 29 heavy (non-hydrogen) atoms. The molecule has 1 N–H and O–H groups in total. The third-order valence-corrected chi connectivity index (χ3v) is 4.34. The summed E-state index contributed by atoms with van der Waals surface area (Å²) < 4.78 is 4.84. The van der Waals surface area contributed by atoms with Gasteiger partial charge in [0.05, 0.1) is 18.4 Å². The van der Waals surface area contributed by atoms with E-state index in [1.54, 1.807) is 18.5 Å². The molecule has 0 saturated heterocycles. The molecule has 0 unspecified atom stereocenters. The molecule has 0 saturated carbocycles. The number of nitrogens with one attached hydrogen (secondary N) is 1. The van der Waals surface area contributed by atoms with Crippen molar-refractivity contribution < 1.29 is 14.3 Å². The number of carbonyl (C=O) groups is 2. The molecule has 0 aliphatic heterocycles. The number of hydrogen-bond acceptors (Lipinski definition) is 5. The first-order valence-corrected chi connectivity index (χ1v) is 9.20. The Labute approximate surface area is 170 Å². The molecule has 3 rings (SSSR count). The second-order valence-corrected chi connectivity index (χ2v) is 7.64. The highest BCUT2D eigenvalue weighted by Gasteiger charge is 2.22. The number of pyridine rings is 2. The molecule has 0 fully saturated rings. The summed E-state index contributed by atoms with van der Waals surface area (Å²) in [5.41, 5.74) is 3.14. The van der Waals surface area contributed by atoms with Crippen molar-refractivity contribution in [1.82, 2.24) is 9.97 Å². The summed E-state index contributed by atoms with van der Waals surface area (Å²) >= 11 is 0. The van der Waals surface area contributed by atoms with Gasteiger partial charge in [0.1, 0.15) is 5.82 Å². The molecule has 2 heterocycles. The zero-order valence-corrected chi connectivity index (χ0v) is 16.9. The zero-order chi connectivity index (χ0) is 21.0. The fraction of sp³-hybridized carbons (Fsp3) is 0.217. The van der Waals surface area contributed by atoms with Crippen LogP contribution in [0.4, 0.5) is 5.82 Å². The lowest BCUT2D eigenvalue weighted by Crippen LogP contribution is -2.28. The maximum absolute atomic E-state index is 12.4. The van der Waals surface area contributed by atoms with E-state index in [0.717, 1.165) is 16.7 Å². The number of methoxy groups -OCH3 is 1. The van der Waals surface area contributed by atoms with Crippen LogP contribution in [0.15, 0.2) is 60.9 Å². The molecule has 3 aromatic rings. The highest BCUT2D eigenvalue weighted by molar-refractivity contribution is 5.96. The van der Waals surface area contributed by atoms with E-state index in [4.69, 9.17) is 4.74 Å². The Kier molecular flexibility index (Phi) is 5.73. The van der Waals surface area contributed by atoms with Crippen molar-refractivity contribution in [3.63, 3.8) is 0 Å². The van der Waals surface area contributed by atoms with Gasteiger partial charge in [0.15, 0.2) is 0 Å². The molecule has 0 spiro atoms. The lowest BCUT2D eigenvalue weighted by molar-refractivity contribution is -0.123. The minimum atomic E-state index is -0.589. The van der Waals surface area contributed by atoms with E-state index >= 15 is 0 Å². The normalized spacial score (nSPS) is 11.0. The Hall–Kier alpha value is -3.54. The van der Waals surface area contributed by atoms with Crippen molar-refractivity contribution in [3.8, 4) is 22.4 Å². The summed E-state index contributed by atoms with van der Waals surface area (Å²) in [4.78, 5) is 33.1. The van der Waals surface area contributed by atoms with Gasteiger partial charge in [-0.25, -0.2) is 9.78 Å². The summed E-state index contributed by atoms with van der Waals surface area (Å²) in [6.07, 6.45) is 3.53. The van der Waals surface area contributed by atoms with Crippen LogP contribution in [-0.4, -0.2) is 29.0 Å². The number of aromatic nitrogens is 2. The molecule has 0 radical (unpaired) electrons. The van der Waals surface area contributed by atoms with Gasteiger partial charge in [-0.05, 0) is 29.3 Å². The number of hydrogen-bond donors (Lipinski definition) is 1. The quantitative estimate of drug-likeness (QED) is 0.661. The van der Waals surface area contributed by atoms with Gasteiger partial charge in [0.25, 0.3) is 0 Å². The lowest BCUT2D eigenvalue weighted by Gasteiger charge is -2.18. The lowest BCUT2D eigenvalue weighted by atomic mass is 9.96. The third kappa shape index (κ3) is 4.85. The Morgan fingerprint density at radius 2 is 1.66 bits per heavy atom. The Bertz CT molecular complexity index is 1020. The summed E-state index contributed by atoms with van der Waals surface area (Å²) in [5.74, 6) is -0.379. The minimum absolute atomic E-state index is 0.190. The number of nitrogens with zero attached hydrogens (tertiary/aromatic N) is 2. The number of rotatable bonds is 4. The smallest absolute Gasteiger partial charge is 0.338 e. The molecule has 0 aliphatic rings. The van der Waals surface area contributed by atoms with Crippen LogP contribution in [0.2, 0.25) is 0 Å². The topological polar surface area (TPSA) is 81.2 Å². The van der Waals surface area contributed by atoms with E-state index in [1.807, 2.05) is 57.2 Å². The summed E-state index contributed by atoms with van der Waals surface area (Å²) in [7, 11) is 1.32. The number of esters is 1. The van der Waals surface area contributed by atoms with Gasteiger partial charge in [0.2, 0.25) is 5.91 Å². The molecule has 2 aromatic heterocycles. The van der Waals surface area contributed by atoms with Crippen molar-refractivity contribution in [2.45, 2.75) is 20.8 Å². The highest BCUT2D eigenvalue weighted by atomic mass is 16.5. The van der Waals surface area contributed by atoms with Gasteiger partial charge in [-0.2, -0.15) is 0 Å². The van der Waals surface area contributed by atoms with Crippen molar-refractivity contribution in [3.05, 3.63) is 66.5 Å². The molecular formula is C23H23N3O3. The van der Waals surface area contributed by atoms with Gasteiger partial charge in [-0.3, -0.25) is 9.78 Å². The van der Waals surface area contributed by atoms with Crippen LogP contribution in [0, 0.1) is 5.41 Å². The standard InChI is InChI=1S/C23H23N3O3/c1-23(2,3)22(28)26-20-13-18(21(27)29-4)12-19(25-20)16-9-7-15(8-10-16)17-6-5-11-24-14-17/h5-14H,1-4H3,(H,25,26,28). The monoisotopic (exact) mass is 389 g/mol. The van der Waals surface area contributed by atoms with Gasteiger partial charge in [0, 0.05) is 23.4 Å². The minimum Gasteiger partial charge on any atom is -0.465 e. The molecular weight excluding hydrogens is 366 g/mol. The zero-order valence-electron chi connectivity index (χ0n) is 16.9. The SMILES string of the molecule is COC(=O)c1cc(NC(=O)C(C)(C)C)nc(-c2ccc(-c3cccnc3)cc2)c1. The van der Waals surface area contributed by atoms with Gasteiger partial charge < -0.3 is 10.1 Å². The fourth-order valence-corrected chi connectivity index (χ4v) is 2.65. The van der Waals surface area contributed by atoms with Crippen LogP contribution < -0.4 is 5.32 Å². The van der Waals surface area contributed by atoms with E-state index in [2.05, 4.69) is 15.3 Å². The molecule has 6 nitrogen and oxygen atoms in total. The van der Waals surface area contributed by atoms with Crippen LogP contribution in [0.1, 0.15) is 31.1 Å². The van der Waals surface area contributed by atoms with E-state index in [1.165, 1.54) is 13.2 Å². The average Bonchev–Trinajstić information content (AvgIpc) is 2.73. The molecule has 0 bridgehead atoms. The van der Waals surface area contributed by atoms with Gasteiger partial charge >= 0.3 is 5.97 Å². The van der Waals surface area contributed by atoms with E-state index < -0.39 is 11.4 Å². The first kappa shape index (κ1) is 20.2. The summed E-state index contributed by atoms with van der Waals surface area (Å²) in [6, 6.07) is 14.8. The highest BCUT2D eigenvalue weighted by Crippen LogP contribution is 2.26. The van der Waals surface area contributed by atoms with E-state index in [-0.39, 0.29) is 5.91 Å². The number of carbonyl (C=O) groups excluding carboxylic acids is 2. The molecule has 0 atom stereocenters. The van der Waals surface area contributed by atoms with Crippen molar-refractivity contribution in [2.24, 2.45) is 5.41 Å². The van der Waals surface area contributed by atoms with Gasteiger partial charge in [-0.1, -0.05) is 51.1 Å². The Morgan fingerprint density at radius 3 is 2.24 bits per heavy atom. The molecule has 1 amide bonds. The number of ether oxygens (including phenoxy) is 1. The average molecular weight is 389 g/mol. The molecule has 148 valence electrons. The largest absolute Gasteiger partial charge is 0.465 e. The number of amides is 1. The first-order valence-electron chi connectivity index (χ1n) is 9.20. The second kappa shape index (κ2) is 8.22. The first-order chi connectivity index (χ1) is 13.8. The van der Waals surface area contributed by atoms with Crippen LogP contribution >= 0.6 is 0 Å². The van der Waals surface area contributed by atoms with Crippen LogP contribution in [0.3, 0.4) is 0 Å². The summed E-state index contributed by atoms with van der Waals surface area (Å²) in [5, 5.41) is 2.78. The van der Waals surface area contributed by atoms with Crippen LogP contribution in [-0.2, 0) is 9.53 Å². The molecule has 6 heteroatoms. The third-order valence-electron chi connectivity index (χ3n) is 4.34. The number of benzene rings is 1. The number of anilines is 1. The van der Waals surface area contributed by atoms with Crippen molar-refractivity contribution in [1.29, 1.82) is 0 Å². The Morgan fingerprint density at radius 1 is 0.966 bits per heavy atom. The summed E-state index contributed by atoms with van der Waals surface area (Å²) in [6.45, 7) is 5.43. The predicted molar refractivity (Wildman–Crippen MR) is 112 cm³/mol. The molecule has 1 aromatic carbocycles. The Balaban J connectivity index is 1.98. The molecule has 0 aliphatic carbocycles.